The number of alkyl carbamates (subject to hydrolysis) is 1. The van der Waals surface area contributed by atoms with Gasteiger partial charge in [-0.1, -0.05) is 32.3 Å². The Labute approximate surface area is 278 Å². The number of imide groups is 1. The van der Waals surface area contributed by atoms with Crippen molar-refractivity contribution in [1.29, 1.82) is 0 Å². The van der Waals surface area contributed by atoms with Gasteiger partial charge in [0.25, 0.3) is 11.8 Å². The Morgan fingerprint density at radius 1 is 0.938 bits per heavy atom. The molecule has 0 aliphatic rings. The van der Waals surface area contributed by atoms with Crippen LogP contribution in [0.25, 0.3) is 11.0 Å². The highest BCUT2D eigenvalue weighted by Crippen LogP contribution is 2.23. The molecule has 0 atom stereocenters. The highest BCUT2D eigenvalue weighted by Gasteiger charge is 2.22. The number of esters is 1. The molecule has 0 saturated heterocycles. The third-order valence-corrected chi connectivity index (χ3v) is 7.50. The number of nitrogens with zero attached hydrogens (tertiary/aromatic N) is 6. The van der Waals surface area contributed by atoms with Gasteiger partial charge in [-0.3, -0.25) is 24.6 Å². The summed E-state index contributed by atoms with van der Waals surface area (Å²) in [6.45, 7) is 4.35. The second-order valence-electron chi connectivity index (χ2n) is 10.8. The van der Waals surface area contributed by atoms with Gasteiger partial charge in [0.15, 0.2) is 0 Å². The summed E-state index contributed by atoms with van der Waals surface area (Å²) in [5.41, 5.74) is 2.17. The number of nitrogens with one attached hydrogen (secondary N) is 1. The SMILES string of the molecule is CCCCCCOC(=O)NC(=O)c1ccc(N(Cc2nc3cc(C(=O)N(CCC(=O)OCC)c4ccccn4)ccc3n2C)N=O)cc1. The van der Waals surface area contributed by atoms with Crippen molar-refractivity contribution in [3.8, 4) is 0 Å². The highest BCUT2D eigenvalue weighted by atomic mass is 16.5. The van der Waals surface area contributed by atoms with Gasteiger partial charge in [-0.15, -0.1) is 4.91 Å². The van der Waals surface area contributed by atoms with Gasteiger partial charge >= 0.3 is 12.1 Å². The topological polar surface area (TPSA) is 165 Å². The summed E-state index contributed by atoms with van der Waals surface area (Å²) in [5, 5.41) is 6.52. The zero-order valence-electron chi connectivity index (χ0n) is 27.3. The summed E-state index contributed by atoms with van der Waals surface area (Å²) in [6.07, 6.45) is 4.54. The van der Waals surface area contributed by atoms with Gasteiger partial charge in [0.05, 0.1) is 41.6 Å². The van der Waals surface area contributed by atoms with Crippen molar-refractivity contribution in [2.75, 3.05) is 29.7 Å². The third-order valence-electron chi connectivity index (χ3n) is 7.50. The molecular weight excluding hydrogens is 618 g/mol. The number of anilines is 2. The Morgan fingerprint density at radius 3 is 2.40 bits per heavy atom. The first-order chi connectivity index (χ1) is 23.2. The lowest BCUT2D eigenvalue weighted by Gasteiger charge is -2.21. The van der Waals surface area contributed by atoms with Crippen LogP contribution in [-0.2, 0) is 27.9 Å². The van der Waals surface area contributed by atoms with Crippen molar-refractivity contribution in [2.45, 2.75) is 52.5 Å². The number of hydrogen-bond donors (Lipinski definition) is 1. The largest absolute Gasteiger partial charge is 0.466 e. The van der Waals surface area contributed by atoms with Crippen molar-refractivity contribution in [1.82, 2.24) is 19.9 Å². The monoisotopic (exact) mass is 657 g/mol. The van der Waals surface area contributed by atoms with Crippen LogP contribution in [0.3, 0.4) is 0 Å². The predicted octanol–water partition coefficient (Wildman–Crippen LogP) is 5.70. The number of benzene rings is 2. The maximum absolute atomic E-state index is 13.7. The number of pyridine rings is 1. The predicted molar refractivity (Wildman–Crippen MR) is 179 cm³/mol. The molecule has 1 N–H and O–H groups in total. The van der Waals surface area contributed by atoms with Crippen molar-refractivity contribution in [3.05, 3.63) is 88.7 Å². The number of carbonyl (C=O) groups excluding carboxylic acids is 4. The molecule has 0 saturated carbocycles. The molecule has 2 aromatic carbocycles. The van der Waals surface area contributed by atoms with E-state index in [-0.39, 0.29) is 44.2 Å². The Balaban J connectivity index is 1.45. The second kappa shape index (κ2) is 17.3. The van der Waals surface area contributed by atoms with Crippen molar-refractivity contribution >= 4 is 46.4 Å². The zero-order valence-corrected chi connectivity index (χ0v) is 27.3. The van der Waals surface area contributed by atoms with Gasteiger partial charge in [0.1, 0.15) is 18.2 Å². The average molecular weight is 658 g/mol. The molecule has 252 valence electrons. The number of nitroso groups, excluding NO2 is 1. The van der Waals surface area contributed by atoms with E-state index in [1.54, 1.807) is 61.1 Å². The molecule has 0 spiro atoms. The van der Waals surface area contributed by atoms with E-state index < -0.39 is 18.0 Å². The van der Waals surface area contributed by atoms with Crippen LogP contribution in [0.5, 0.6) is 0 Å². The van der Waals surface area contributed by atoms with E-state index in [1.165, 1.54) is 34.2 Å². The molecule has 0 radical (unpaired) electrons. The van der Waals surface area contributed by atoms with Gasteiger partial charge in [-0.2, -0.15) is 0 Å². The number of amides is 3. The molecule has 14 heteroatoms. The molecule has 0 unspecified atom stereocenters. The summed E-state index contributed by atoms with van der Waals surface area (Å²) in [5.74, 6) is -0.541. The van der Waals surface area contributed by atoms with Crippen molar-refractivity contribution in [3.63, 3.8) is 0 Å². The first-order valence-corrected chi connectivity index (χ1v) is 15.8. The number of unbranched alkanes of at least 4 members (excludes halogenated alkanes) is 3. The number of carbonyl (C=O) groups is 4. The van der Waals surface area contributed by atoms with E-state index in [0.717, 1.165) is 25.7 Å². The van der Waals surface area contributed by atoms with Crippen LogP contribution in [0.1, 0.15) is 72.5 Å². The van der Waals surface area contributed by atoms with E-state index >= 15 is 0 Å². The summed E-state index contributed by atoms with van der Waals surface area (Å²) < 4.78 is 11.9. The normalized spacial score (nSPS) is 10.7. The van der Waals surface area contributed by atoms with Crippen molar-refractivity contribution < 1.29 is 28.7 Å². The Morgan fingerprint density at radius 2 is 1.71 bits per heavy atom. The summed E-state index contributed by atoms with van der Waals surface area (Å²) in [4.78, 5) is 72.4. The van der Waals surface area contributed by atoms with Gasteiger partial charge in [-0.05, 0) is 67.9 Å². The molecule has 0 fully saturated rings. The number of aromatic nitrogens is 3. The average Bonchev–Trinajstić information content (AvgIpc) is 3.41. The van der Waals surface area contributed by atoms with Crippen LogP contribution in [-0.4, -0.2) is 58.2 Å². The van der Waals surface area contributed by atoms with Crippen LogP contribution in [0.15, 0.2) is 72.1 Å². The summed E-state index contributed by atoms with van der Waals surface area (Å²) in [7, 11) is 1.78. The minimum absolute atomic E-state index is 0.00194. The molecule has 14 nitrogen and oxygen atoms in total. The molecule has 4 rings (SSSR count). The lowest BCUT2D eigenvalue weighted by Crippen LogP contribution is -2.34. The summed E-state index contributed by atoms with van der Waals surface area (Å²) in [6, 6.07) is 16.2. The van der Waals surface area contributed by atoms with Crippen LogP contribution in [0.2, 0.25) is 0 Å². The van der Waals surface area contributed by atoms with Crippen molar-refractivity contribution in [2.24, 2.45) is 12.3 Å². The smallest absolute Gasteiger partial charge is 0.414 e. The summed E-state index contributed by atoms with van der Waals surface area (Å²) >= 11 is 0. The van der Waals surface area contributed by atoms with Crippen LogP contribution < -0.4 is 15.2 Å². The lowest BCUT2D eigenvalue weighted by atomic mass is 10.1. The maximum atomic E-state index is 13.7. The Hall–Kier alpha value is -5.66. The number of fused-ring (bicyclic) bond motifs is 1. The Bertz CT molecular complexity index is 1730. The van der Waals surface area contributed by atoms with Gasteiger partial charge < -0.3 is 14.0 Å². The molecule has 0 aliphatic carbocycles. The quantitative estimate of drug-likeness (QED) is 0.0683. The van der Waals surface area contributed by atoms with E-state index in [2.05, 4.69) is 27.5 Å². The molecule has 48 heavy (non-hydrogen) atoms. The maximum Gasteiger partial charge on any atom is 0.414 e. The highest BCUT2D eigenvalue weighted by molar-refractivity contribution is 6.07. The molecule has 3 amide bonds. The molecule has 0 aliphatic heterocycles. The Kier molecular flexibility index (Phi) is 12.7. The first-order valence-electron chi connectivity index (χ1n) is 15.8. The number of hydrogen-bond acceptors (Lipinski definition) is 10. The fourth-order valence-electron chi connectivity index (χ4n) is 4.93. The third kappa shape index (κ3) is 9.21. The number of rotatable bonds is 16. The van der Waals surface area contributed by atoms with Crippen LogP contribution in [0.4, 0.5) is 16.3 Å². The van der Waals surface area contributed by atoms with E-state index in [9.17, 15) is 24.1 Å². The minimum Gasteiger partial charge on any atom is -0.466 e. The van der Waals surface area contributed by atoms with Crippen LogP contribution >= 0.6 is 0 Å². The zero-order chi connectivity index (χ0) is 34.5. The molecule has 2 aromatic heterocycles. The second-order valence-corrected chi connectivity index (χ2v) is 10.8. The van der Waals surface area contributed by atoms with Crippen LogP contribution in [0, 0.1) is 4.91 Å². The van der Waals surface area contributed by atoms with Gasteiger partial charge in [-0.25, -0.2) is 19.8 Å². The van der Waals surface area contributed by atoms with E-state index in [1.807, 2.05) is 0 Å². The fourth-order valence-corrected chi connectivity index (χ4v) is 4.93. The molecule has 4 aromatic rings. The fraction of sp³-hybridized carbons (Fsp3) is 0.353. The lowest BCUT2D eigenvalue weighted by molar-refractivity contribution is -0.142. The van der Waals surface area contributed by atoms with Gasteiger partial charge in [0.2, 0.25) is 0 Å². The number of ether oxygens (including phenoxy) is 2. The minimum atomic E-state index is -0.815. The number of imidazole rings is 1. The molecule has 2 heterocycles. The van der Waals surface area contributed by atoms with E-state index in [0.29, 0.717) is 33.9 Å². The molecule has 0 bridgehead atoms. The standard InChI is InChI=1S/C34H39N7O7/c1-4-6-7-10-21-48-34(45)37-32(43)24-12-15-26(16-13-24)41(38-46)23-30-36-27-22-25(14-17-28(27)39(30)3)33(44)40(20-18-31(42)47-5-2)29-11-8-9-19-35-29/h8-9,11-17,19,22H,4-7,10,18,20-21,23H2,1-3H3,(H,37,43,45). The van der Waals surface area contributed by atoms with Gasteiger partial charge in [0, 0.05) is 30.9 Å². The molecular formula is C34H39N7O7. The number of aryl methyl sites for hydroxylation is 1. The first kappa shape index (κ1) is 35.2. The van der Waals surface area contributed by atoms with E-state index in [4.69, 9.17) is 9.47 Å².